The first-order chi connectivity index (χ1) is 8.04. The maximum atomic E-state index is 11.8. The van der Waals surface area contributed by atoms with Gasteiger partial charge < -0.3 is 15.0 Å². The van der Waals surface area contributed by atoms with E-state index < -0.39 is 12.8 Å². The largest absolute Gasteiger partial charge is 0.411 e. The first-order valence-electron chi connectivity index (χ1n) is 6.15. The molecule has 0 aromatic heterocycles. The zero-order valence-corrected chi connectivity index (χ0v) is 9.80. The lowest BCUT2D eigenvalue weighted by Gasteiger charge is -2.45. The number of fused-ring (bicyclic) bond motifs is 3. The van der Waals surface area contributed by atoms with Gasteiger partial charge in [-0.05, 0) is 31.8 Å². The number of nitrogens with zero attached hydrogens (tertiary/aromatic N) is 1. The Bertz CT molecular complexity index is 239. The summed E-state index contributed by atoms with van der Waals surface area (Å²) in [6.45, 7) is 2.87. The second-order valence-corrected chi connectivity index (χ2v) is 4.87. The highest BCUT2D eigenvalue weighted by atomic mass is 19.4. The highest BCUT2D eigenvalue weighted by Gasteiger charge is 2.33. The van der Waals surface area contributed by atoms with Crippen molar-refractivity contribution in [2.45, 2.75) is 25.1 Å². The molecule has 3 fully saturated rings. The molecule has 0 aliphatic carbocycles. The highest BCUT2D eigenvalue weighted by Crippen LogP contribution is 2.27. The van der Waals surface area contributed by atoms with E-state index in [1.165, 1.54) is 25.9 Å². The molecule has 0 aromatic rings. The molecule has 3 nitrogen and oxygen atoms in total. The average molecular weight is 252 g/mol. The summed E-state index contributed by atoms with van der Waals surface area (Å²) < 4.78 is 40.0. The zero-order valence-electron chi connectivity index (χ0n) is 9.80. The van der Waals surface area contributed by atoms with Crippen molar-refractivity contribution in [3.8, 4) is 0 Å². The Morgan fingerprint density at radius 1 is 1.24 bits per heavy atom. The summed E-state index contributed by atoms with van der Waals surface area (Å²) in [6.07, 6.45) is -1.79. The van der Waals surface area contributed by atoms with Gasteiger partial charge in [0.25, 0.3) is 0 Å². The van der Waals surface area contributed by atoms with Crippen molar-refractivity contribution >= 4 is 0 Å². The molecule has 3 saturated heterocycles. The molecule has 3 rings (SSSR count). The van der Waals surface area contributed by atoms with Crippen molar-refractivity contribution in [3.63, 3.8) is 0 Å². The molecule has 0 spiro atoms. The quantitative estimate of drug-likeness (QED) is 0.745. The third-order valence-corrected chi connectivity index (χ3v) is 3.57. The number of piperidine rings is 3. The maximum absolute atomic E-state index is 11.8. The minimum Gasteiger partial charge on any atom is -0.371 e. The summed E-state index contributed by atoms with van der Waals surface area (Å²) in [5.41, 5.74) is 0. The van der Waals surface area contributed by atoms with E-state index in [4.69, 9.17) is 0 Å². The van der Waals surface area contributed by atoms with Crippen LogP contribution in [0.25, 0.3) is 0 Å². The summed E-state index contributed by atoms with van der Waals surface area (Å²) in [6, 6.07) is 0.437. The SMILES string of the molecule is FC(F)(F)COCCNC1CN2CCC1CC2. The molecular weight excluding hydrogens is 233 g/mol. The van der Waals surface area contributed by atoms with Crippen LogP contribution in [0.3, 0.4) is 0 Å². The van der Waals surface area contributed by atoms with Crippen LogP contribution in [0.15, 0.2) is 0 Å². The van der Waals surface area contributed by atoms with Crippen molar-refractivity contribution in [3.05, 3.63) is 0 Å². The highest BCUT2D eigenvalue weighted by molar-refractivity contribution is 4.90. The Hall–Kier alpha value is -0.330. The van der Waals surface area contributed by atoms with Crippen LogP contribution in [0, 0.1) is 5.92 Å². The third-order valence-electron chi connectivity index (χ3n) is 3.57. The second-order valence-electron chi connectivity index (χ2n) is 4.87. The Morgan fingerprint density at radius 2 is 1.94 bits per heavy atom. The van der Waals surface area contributed by atoms with E-state index in [9.17, 15) is 13.2 Å². The topological polar surface area (TPSA) is 24.5 Å². The van der Waals surface area contributed by atoms with Crippen molar-refractivity contribution in [1.82, 2.24) is 10.2 Å². The molecule has 3 aliphatic heterocycles. The van der Waals surface area contributed by atoms with Crippen molar-refractivity contribution in [1.29, 1.82) is 0 Å². The number of rotatable bonds is 5. The Morgan fingerprint density at radius 3 is 2.47 bits per heavy atom. The minimum absolute atomic E-state index is 0.128. The van der Waals surface area contributed by atoms with Gasteiger partial charge in [-0.3, -0.25) is 0 Å². The van der Waals surface area contributed by atoms with E-state index in [2.05, 4.69) is 15.0 Å². The third kappa shape index (κ3) is 4.12. The molecular formula is C11H19F3N2O. The van der Waals surface area contributed by atoms with E-state index in [-0.39, 0.29) is 6.61 Å². The number of alkyl halides is 3. The molecule has 6 heteroatoms. The predicted octanol–water partition coefficient (Wildman–Crippen LogP) is 1.25. The fourth-order valence-electron chi connectivity index (χ4n) is 2.70. The Labute approximate surface area is 99.3 Å². The van der Waals surface area contributed by atoms with Crippen LogP contribution in [0.1, 0.15) is 12.8 Å². The number of halogens is 3. The minimum atomic E-state index is -4.21. The molecule has 17 heavy (non-hydrogen) atoms. The molecule has 0 amide bonds. The normalized spacial score (nSPS) is 33.0. The lowest BCUT2D eigenvalue weighted by atomic mass is 9.84. The van der Waals surface area contributed by atoms with Gasteiger partial charge in [0.2, 0.25) is 0 Å². The first kappa shape index (κ1) is 13.1. The van der Waals surface area contributed by atoms with Gasteiger partial charge >= 0.3 is 6.18 Å². The number of ether oxygens (including phenoxy) is 1. The van der Waals surface area contributed by atoms with Crippen molar-refractivity contribution in [2.24, 2.45) is 5.92 Å². The van der Waals surface area contributed by atoms with E-state index >= 15 is 0 Å². The molecule has 1 atom stereocenters. The smallest absolute Gasteiger partial charge is 0.371 e. The summed E-state index contributed by atoms with van der Waals surface area (Å²) in [5, 5.41) is 3.31. The standard InChI is InChI=1S/C11H19F3N2O/c12-11(13,14)8-17-6-3-15-10-7-16-4-1-9(10)2-5-16/h9-10,15H,1-8H2. The van der Waals surface area contributed by atoms with E-state index in [0.717, 1.165) is 6.54 Å². The molecule has 3 heterocycles. The van der Waals surface area contributed by atoms with Gasteiger partial charge in [0, 0.05) is 19.1 Å². The maximum Gasteiger partial charge on any atom is 0.411 e. The summed E-state index contributed by atoms with van der Waals surface area (Å²) >= 11 is 0. The first-order valence-corrected chi connectivity index (χ1v) is 6.15. The molecule has 0 saturated carbocycles. The number of nitrogens with one attached hydrogen (secondary N) is 1. The van der Waals surface area contributed by atoms with E-state index in [0.29, 0.717) is 18.5 Å². The monoisotopic (exact) mass is 252 g/mol. The molecule has 2 bridgehead atoms. The number of hydrogen-bond acceptors (Lipinski definition) is 3. The zero-order chi connectivity index (χ0) is 12.3. The second kappa shape index (κ2) is 5.54. The summed E-state index contributed by atoms with van der Waals surface area (Å²) in [5.74, 6) is 0.697. The molecule has 3 aliphatic rings. The summed E-state index contributed by atoms with van der Waals surface area (Å²) in [7, 11) is 0. The van der Waals surface area contributed by atoms with Gasteiger partial charge in [-0.15, -0.1) is 0 Å². The lowest BCUT2D eigenvalue weighted by molar-refractivity contribution is -0.173. The van der Waals surface area contributed by atoms with Crippen LogP contribution in [-0.2, 0) is 4.74 Å². The van der Waals surface area contributed by atoms with Gasteiger partial charge in [-0.2, -0.15) is 13.2 Å². The summed E-state index contributed by atoms with van der Waals surface area (Å²) in [4.78, 5) is 2.41. The molecule has 100 valence electrons. The molecule has 0 aromatic carbocycles. The van der Waals surface area contributed by atoms with Gasteiger partial charge in [-0.1, -0.05) is 0 Å². The van der Waals surface area contributed by atoms with Crippen LogP contribution < -0.4 is 5.32 Å². The fraction of sp³-hybridized carbons (Fsp3) is 1.00. The van der Waals surface area contributed by atoms with Gasteiger partial charge in [0.05, 0.1) is 6.61 Å². The van der Waals surface area contributed by atoms with Gasteiger partial charge in [0.15, 0.2) is 0 Å². The van der Waals surface area contributed by atoms with Crippen molar-refractivity contribution < 1.29 is 17.9 Å². The van der Waals surface area contributed by atoms with E-state index in [1.54, 1.807) is 0 Å². The van der Waals surface area contributed by atoms with Crippen LogP contribution in [0.4, 0.5) is 13.2 Å². The van der Waals surface area contributed by atoms with E-state index in [1.807, 2.05) is 0 Å². The van der Waals surface area contributed by atoms with Crippen molar-refractivity contribution in [2.75, 3.05) is 39.4 Å². The van der Waals surface area contributed by atoms with Crippen LogP contribution in [-0.4, -0.2) is 56.5 Å². The molecule has 0 radical (unpaired) electrons. The fourth-order valence-corrected chi connectivity index (χ4v) is 2.70. The molecule has 1 unspecified atom stereocenters. The van der Waals surface area contributed by atoms with Gasteiger partial charge in [0.1, 0.15) is 6.61 Å². The Balaban J connectivity index is 1.57. The number of hydrogen-bond donors (Lipinski definition) is 1. The van der Waals surface area contributed by atoms with Gasteiger partial charge in [-0.25, -0.2) is 0 Å². The van der Waals surface area contributed by atoms with Crippen LogP contribution in [0.5, 0.6) is 0 Å². The average Bonchev–Trinajstić information content (AvgIpc) is 2.29. The van der Waals surface area contributed by atoms with Crippen LogP contribution in [0.2, 0.25) is 0 Å². The van der Waals surface area contributed by atoms with Crippen LogP contribution >= 0.6 is 0 Å². The molecule has 1 N–H and O–H groups in total. The predicted molar refractivity (Wildman–Crippen MR) is 57.8 cm³/mol. The lowest BCUT2D eigenvalue weighted by Crippen LogP contribution is -2.56. The Kier molecular flexibility index (Phi) is 4.27.